The van der Waals surface area contributed by atoms with Crippen LogP contribution in [0.15, 0.2) is 45.9 Å². The number of benzene rings is 1. The van der Waals surface area contributed by atoms with Crippen LogP contribution in [0.25, 0.3) is 0 Å². The number of thiazole rings is 1. The number of methoxy groups -OCH3 is 1. The third-order valence-electron chi connectivity index (χ3n) is 3.47. The molecule has 7 nitrogen and oxygen atoms in total. The number of ether oxygens (including phenoxy) is 1. The van der Waals surface area contributed by atoms with Crippen molar-refractivity contribution < 1.29 is 18.5 Å². The van der Waals surface area contributed by atoms with Crippen LogP contribution in [-0.4, -0.2) is 45.7 Å². The molecule has 1 aromatic carbocycles. The quantitative estimate of drug-likeness (QED) is 0.714. The molecule has 2 heterocycles. The highest BCUT2D eigenvalue weighted by molar-refractivity contribution is 7.88. The summed E-state index contributed by atoms with van der Waals surface area (Å²) in [5.74, 6) is -1.13. The zero-order valence-corrected chi connectivity index (χ0v) is 16.4. The Morgan fingerprint density at radius 3 is 3.00 bits per heavy atom. The molecule has 0 aliphatic carbocycles. The summed E-state index contributed by atoms with van der Waals surface area (Å²) in [5.41, 5.74) is 0.786. The van der Waals surface area contributed by atoms with E-state index in [1.54, 1.807) is 11.6 Å². The van der Waals surface area contributed by atoms with Crippen LogP contribution in [0, 0.1) is 5.82 Å². The summed E-state index contributed by atoms with van der Waals surface area (Å²) in [6.45, 7) is 0.446. The van der Waals surface area contributed by atoms with Crippen LogP contribution in [0.5, 0.6) is 0 Å². The van der Waals surface area contributed by atoms with Crippen LogP contribution in [0.1, 0.15) is 5.01 Å². The first-order chi connectivity index (χ1) is 13.0. The molecule has 1 unspecified atom stereocenters. The topological polar surface area (TPSA) is 89.9 Å². The Hall–Kier alpha value is -1.98. The van der Waals surface area contributed by atoms with Gasteiger partial charge in [-0.3, -0.25) is 4.79 Å². The lowest BCUT2D eigenvalue weighted by molar-refractivity contribution is -0.113. The van der Waals surface area contributed by atoms with E-state index in [0.29, 0.717) is 16.4 Å². The molecule has 0 saturated heterocycles. The zero-order chi connectivity index (χ0) is 19.4. The summed E-state index contributed by atoms with van der Waals surface area (Å²) in [4.78, 5) is 16.9. The number of hydrogen-bond donors (Lipinski definition) is 1. The maximum atomic E-state index is 13.3. The molecule has 1 amide bonds. The van der Waals surface area contributed by atoms with Gasteiger partial charge in [0.15, 0.2) is 11.4 Å². The Labute approximate surface area is 167 Å². The third-order valence-corrected chi connectivity index (χ3v) is 5.66. The minimum Gasteiger partial charge on any atom is -0.566 e. The summed E-state index contributed by atoms with van der Waals surface area (Å²) in [6.07, 6.45) is 3.10. The highest BCUT2D eigenvalue weighted by Gasteiger charge is 2.34. The van der Waals surface area contributed by atoms with Gasteiger partial charge >= 0.3 is 0 Å². The monoisotopic (exact) mass is 428 g/mol. The molecule has 0 fully saturated rings. The average molecular weight is 429 g/mol. The van der Waals surface area contributed by atoms with Gasteiger partial charge in [0.05, 0.1) is 18.2 Å². The second-order valence-electron chi connectivity index (χ2n) is 5.25. The number of rotatable bonds is 6. The van der Waals surface area contributed by atoms with E-state index in [9.17, 15) is 13.7 Å². The number of aromatic nitrogens is 1. The Bertz CT molecular complexity index is 892. The van der Waals surface area contributed by atoms with E-state index in [-0.39, 0.29) is 23.9 Å². The van der Waals surface area contributed by atoms with Gasteiger partial charge in [0.1, 0.15) is 10.8 Å². The number of carbonyl (C=O) groups excluding carboxylic acids is 1. The minimum atomic E-state index is -1.82. The van der Waals surface area contributed by atoms with Crippen LogP contribution in [0.3, 0.4) is 0 Å². The Morgan fingerprint density at radius 1 is 1.52 bits per heavy atom. The van der Waals surface area contributed by atoms with Gasteiger partial charge in [-0.2, -0.15) is 4.31 Å². The first-order valence-electron chi connectivity index (χ1n) is 7.64. The van der Waals surface area contributed by atoms with Crippen LogP contribution in [0.4, 0.5) is 10.1 Å². The second kappa shape index (κ2) is 8.81. The molecule has 1 aliphatic heterocycles. The minimum absolute atomic E-state index is 0.115. The standard InChI is InChI=1S/C16H14ClFN4O3S2/c1-25-6-5-22-14(9-13(21-27(22)24)16-19-4-7-26-16)15(23)20-10-2-3-12(18)11(17)8-10/h2-4,7-9H,5-6H2,1H3,(H,20,23). The van der Waals surface area contributed by atoms with Gasteiger partial charge < -0.3 is 14.6 Å². The highest BCUT2D eigenvalue weighted by Crippen LogP contribution is 2.24. The number of nitrogens with zero attached hydrogens (tertiary/aromatic N) is 3. The molecule has 1 N–H and O–H groups in total. The SMILES string of the molecule is COCCN1C(C(=O)Nc2ccc(F)c(Cl)c2)=CC(c2nccs2)=N[S+]1[O-]. The molecule has 1 atom stereocenters. The molecule has 0 bridgehead atoms. The lowest BCUT2D eigenvalue weighted by atomic mass is 10.2. The number of nitrogens with one attached hydrogen (secondary N) is 1. The van der Waals surface area contributed by atoms with E-state index in [0.717, 1.165) is 6.07 Å². The van der Waals surface area contributed by atoms with Crippen LogP contribution in [0.2, 0.25) is 5.02 Å². The Balaban J connectivity index is 1.89. The predicted molar refractivity (Wildman–Crippen MR) is 103 cm³/mol. The predicted octanol–water partition coefficient (Wildman–Crippen LogP) is 2.79. The number of amides is 1. The van der Waals surface area contributed by atoms with Crippen LogP contribution in [-0.2, 0) is 21.1 Å². The van der Waals surface area contributed by atoms with Gasteiger partial charge in [-0.05, 0) is 22.6 Å². The van der Waals surface area contributed by atoms with Crippen molar-refractivity contribution in [3.8, 4) is 0 Å². The fourth-order valence-electron chi connectivity index (χ4n) is 2.22. The van der Waals surface area contributed by atoms with Gasteiger partial charge in [0.2, 0.25) is 11.5 Å². The smallest absolute Gasteiger partial charge is 0.276 e. The van der Waals surface area contributed by atoms with Gasteiger partial charge in [-0.25, -0.2) is 9.37 Å². The van der Waals surface area contributed by atoms with E-state index in [2.05, 4.69) is 14.7 Å². The van der Waals surface area contributed by atoms with Crippen molar-refractivity contribution in [1.29, 1.82) is 0 Å². The molecule has 1 aliphatic rings. The molecule has 0 saturated carbocycles. The lowest BCUT2D eigenvalue weighted by Gasteiger charge is -2.26. The van der Waals surface area contributed by atoms with Gasteiger partial charge in [0.25, 0.3) is 5.91 Å². The Kier molecular flexibility index (Phi) is 6.45. The average Bonchev–Trinajstić information content (AvgIpc) is 3.18. The van der Waals surface area contributed by atoms with Crippen LogP contribution < -0.4 is 5.32 Å². The Morgan fingerprint density at radius 2 is 2.33 bits per heavy atom. The van der Waals surface area contributed by atoms with Crippen molar-refractivity contribution in [3.63, 3.8) is 0 Å². The first-order valence-corrected chi connectivity index (χ1v) is 9.97. The maximum absolute atomic E-state index is 13.3. The number of carbonyl (C=O) groups is 1. The number of halogens is 2. The van der Waals surface area contributed by atoms with E-state index >= 15 is 0 Å². The molecule has 27 heavy (non-hydrogen) atoms. The molecular formula is C16H14ClFN4O3S2. The molecule has 1 aromatic heterocycles. The van der Waals surface area contributed by atoms with Crippen LogP contribution >= 0.6 is 22.9 Å². The highest BCUT2D eigenvalue weighted by atomic mass is 35.5. The number of allylic oxidation sites excluding steroid dienone is 1. The molecular weight excluding hydrogens is 415 g/mol. The van der Waals surface area contributed by atoms with Crippen molar-refractivity contribution in [2.75, 3.05) is 25.6 Å². The summed E-state index contributed by atoms with van der Waals surface area (Å²) in [7, 11) is 1.50. The molecule has 11 heteroatoms. The second-order valence-corrected chi connectivity index (χ2v) is 7.64. The molecule has 0 spiro atoms. The fraction of sp³-hybridized carbons (Fsp3) is 0.188. The summed E-state index contributed by atoms with van der Waals surface area (Å²) in [5, 5.41) is 4.81. The summed E-state index contributed by atoms with van der Waals surface area (Å²) < 4.78 is 36.3. The van der Waals surface area contributed by atoms with Gasteiger partial charge in [-0.1, -0.05) is 11.6 Å². The molecule has 3 rings (SSSR count). The first kappa shape index (κ1) is 19.8. The van der Waals surface area contributed by atoms with Gasteiger partial charge in [0, 0.05) is 30.5 Å². The fourth-order valence-corrected chi connectivity index (χ4v) is 3.99. The number of anilines is 1. The van der Waals surface area contributed by atoms with Crippen molar-refractivity contribution in [2.24, 2.45) is 4.40 Å². The van der Waals surface area contributed by atoms with E-state index in [1.165, 1.54) is 41.0 Å². The van der Waals surface area contributed by atoms with E-state index < -0.39 is 23.3 Å². The van der Waals surface area contributed by atoms with Crippen molar-refractivity contribution in [3.05, 3.63) is 57.4 Å². The van der Waals surface area contributed by atoms with E-state index in [1.807, 2.05) is 0 Å². The summed E-state index contributed by atoms with van der Waals surface area (Å²) in [6, 6.07) is 3.83. The molecule has 2 aromatic rings. The van der Waals surface area contributed by atoms with Gasteiger partial charge in [-0.15, -0.1) is 11.3 Å². The lowest BCUT2D eigenvalue weighted by Crippen LogP contribution is -2.40. The zero-order valence-electron chi connectivity index (χ0n) is 14.0. The number of hydrogen-bond acceptors (Lipinski definition) is 7. The molecule has 142 valence electrons. The van der Waals surface area contributed by atoms with Crippen molar-refractivity contribution in [1.82, 2.24) is 9.29 Å². The van der Waals surface area contributed by atoms with Crippen molar-refractivity contribution >= 4 is 51.8 Å². The normalized spacial score (nSPS) is 16.7. The molecule has 0 radical (unpaired) electrons. The third kappa shape index (κ3) is 4.66. The largest absolute Gasteiger partial charge is 0.566 e. The summed E-state index contributed by atoms with van der Waals surface area (Å²) >= 11 is 5.25. The van der Waals surface area contributed by atoms with E-state index in [4.69, 9.17) is 16.3 Å². The van der Waals surface area contributed by atoms with Crippen molar-refractivity contribution in [2.45, 2.75) is 0 Å². The maximum Gasteiger partial charge on any atom is 0.276 e.